The van der Waals surface area contributed by atoms with E-state index in [1.165, 1.54) is 67.2 Å². The van der Waals surface area contributed by atoms with Crippen molar-refractivity contribution in [2.24, 2.45) is 0 Å². The van der Waals surface area contributed by atoms with Crippen molar-refractivity contribution in [3.8, 4) is 0 Å². The summed E-state index contributed by atoms with van der Waals surface area (Å²) in [6.07, 6.45) is 6.83. The minimum Gasteiger partial charge on any atom is -0.324 e. The second-order valence-electron chi connectivity index (χ2n) is 4.63. The van der Waals surface area contributed by atoms with Crippen LogP contribution >= 0.6 is 22.6 Å². The summed E-state index contributed by atoms with van der Waals surface area (Å²) in [5, 5.41) is 0. The zero-order valence-corrected chi connectivity index (χ0v) is 13.1. The van der Waals surface area contributed by atoms with Gasteiger partial charge in [-0.05, 0) is 36.5 Å². The Hall–Kier alpha value is 0.690. The van der Waals surface area contributed by atoms with E-state index in [9.17, 15) is 0 Å². The molecule has 0 spiro atoms. The predicted octanol–water partition coefficient (Wildman–Crippen LogP) is 4.25. The molecule has 2 heteroatoms. The Labute approximate surface area is 110 Å². The van der Waals surface area contributed by atoms with Crippen LogP contribution in [0.1, 0.15) is 52.9 Å². The summed E-state index contributed by atoms with van der Waals surface area (Å²) in [6, 6.07) is 0. The van der Waals surface area contributed by atoms with Crippen molar-refractivity contribution in [3.63, 3.8) is 0 Å². The van der Waals surface area contributed by atoms with Crippen molar-refractivity contribution in [1.82, 2.24) is 0 Å². The first-order chi connectivity index (χ1) is 7.24. The van der Waals surface area contributed by atoms with Crippen molar-refractivity contribution in [3.05, 3.63) is 0 Å². The molecule has 0 saturated heterocycles. The molecule has 0 radical (unpaired) electrons. The fourth-order valence-corrected chi connectivity index (χ4v) is 3.17. The number of alkyl halides is 1. The summed E-state index contributed by atoms with van der Waals surface area (Å²) in [7, 11) is 0. The van der Waals surface area contributed by atoms with Gasteiger partial charge in [-0.3, -0.25) is 0 Å². The summed E-state index contributed by atoms with van der Waals surface area (Å²) in [4.78, 5) is 0. The Morgan fingerprint density at radius 3 is 1.53 bits per heavy atom. The maximum Gasteiger partial charge on any atom is 0.0786 e. The number of unbranched alkanes of at least 4 members (excludes halogenated alkanes) is 1. The predicted molar refractivity (Wildman–Crippen MR) is 78.7 cm³/mol. The van der Waals surface area contributed by atoms with Gasteiger partial charge in [0.15, 0.2) is 0 Å². The van der Waals surface area contributed by atoms with E-state index in [1.54, 1.807) is 0 Å². The molecular formula is C13H29IN+. The third kappa shape index (κ3) is 6.77. The molecule has 0 fully saturated rings. The maximum absolute atomic E-state index is 2.50. The molecule has 0 N–H and O–H groups in total. The van der Waals surface area contributed by atoms with Gasteiger partial charge in [0.05, 0.1) is 26.2 Å². The van der Waals surface area contributed by atoms with Gasteiger partial charge < -0.3 is 4.48 Å². The van der Waals surface area contributed by atoms with E-state index in [0.717, 1.165) is 0 Å². The molecule has 92 valence electrons. The first-order valence-corrected chi connectivity index (χ1v) is 8.18. The van der Waals surface area contributed by atoms with Crippen molar-refractivity contribution < 1.29 is 4.48 Å². The van der Waals surface area contributed by atoms with Gasteiger partial charge in [-0.1, -0.05) is 43.4 Å². The average Bonchev–Trinajstić information content (AvgIpc) is 2.19. The third-order valence-electron chi connectivity index (χ3n) is 3.11. The molecular weight excluding hydrogens is 297 g/mol. The van der Waals surface area contributed by atoms with Crippen LogP contribution in [-0.2, 0) is 0 Å². The van der Waals surface area contributed by atoms with Gasteiger partial charge in [0, 0.05) is 0 Å². The molecule has 1 nitrogen and oxygen atoms in total. The van der Waals surface area contributed by atoms with Crippen LogP contribution in [0.5, 0.6) is 0 Å². The summed E-state index contributed by atoms with van der Waals surface area (Å²) >= 11 is 2.50. The molecule has 15 heavy (non-hydrogen) atoms. The van der Waals surface area contributed by atoms with Crippen LogP contribution in [0.4, 0.5) is 0 Å². The van der Waals surface area contributed by atoms with Gasteiger partial charge in [0.1, 0.15) is 0 Å². The lowest BCUT2D eigenvalue weighted by molar-refractivity contribution is -0.928. The first kappa shape index (κ1) is 15.7. The topological polar surface area (TPSA) is 0 Å². The van der Waals surface area contributed by atoms with E-state index >= 15 is 0 Å². The van der Waals surface area contributed by atoms with Crippen LogP contribution in [0.15, 0.2) is 0 Å². The lowest BCUT2D eigenvalue weighted by atomic mass is 10.2. The molecule has 0 saturated carbocycles. The van der Waals surface area contributed by atoms with Crippen molar-refractivity contribution >= 4 is 22.6 Å². The highest BCUT2D eigenvalue weighted by Gasteiger charge is 2.23. The largest absolute Gasteiger partial charge is 0.324 e. The smallest absolute Gasteiger partial charge is 0.0786 e. The number of hydrogen-bond donors (Lipinski definition) is 0. The molecule has 0 aromatic heterocycles. The summed E-state index contributed by atoms with van der Waals surface area (Å²) in [5.74, 6) is 0. The highest BCUT2D eigenvalue weighted by molar-refractivity contribution is 14.1. The Morgan fingerprint density at radius 2 is 1.20 bits per heavy atom. The van der Waals surface area contributed by atoms with Gasteiger partial charge in [-0.2, -0.15) is 0 Å². The quantitative estimate of drug-likeness (QED) is 0.244. The van der Waals surface area contributed by atoms with Gasteiger partial charge in [0.25, 0.3) is 0 Å². The molecule has 0 amide bonds. The molecule has 0 aliphatic carbocycles. The maximum atomic E-state index is 2.50. The van der Waals surface area contributed by atoms with E-state index in [2.05, 4.69) is 43.4 Å². The molecule has 0 heterocycles. The van der Waals surface area contributed by atoms with E-state index < -0.39 is 0 Å². The Morgan fingerprint density at radius 1 is 0.733 bits per heavy atom. The van der Waals surface area contributed by atoms with E-state index in [1.807, 2.05) is 0 Å². The lowest BCUT2D eigenvalue weighted by Crippen LogP contribution is -2.50. The Kier molecular flexibility index (Phi) is 10.3. The highest BCUT2D eigenvalue weighted by atomic mass is 127. The van der Waals surface area contributed by atoms with E-state index in [0.29, 0.717) is 0 Å². The fraction of sp³-hybridized carbons (Fsp3) is 1.00. The molecule has 0 bridgehead atoms. The molecule has 0 aliphatic heterocycles. The third-order valence-corrected chi connectivity index (χ3v) is 3.87. The van der Waals surface area contributed by atoms with Crippen LogP contribution in [0, 0.1) is 0 Å². The van der Waals surface area contributed by atoms with Crippen molar-refractivity contribution in [1.29, 1.82) is 0 Å². The molecule has 0 aliphatic rings. The highest BCUT2D eigenvalue weighted by Crippen LogP contribution is 2.14. The van der Waals surface area contributed by atoms with Crippen LogP contribution in [0.2, 0.25) is 0 Å². The Bertz CT molecular complexity index is 119. The van der Waals surface area contributed by atoms with Gasteiger partial charge in [-0.25, -0.2) is 0 Å². The monoisotopic (exact) mass is 326 g/mol. The average molecular weight is 326 g/mol. The summed E-state index contributed by atoms with van der Waals surface area (Å²) < 4.78 is 2.71. The normalized spacial score (nSPS) is 12.0. The second kappa shape index (κ2) is 9.88. The molecule has 0 aromatic carbocycles. The number of quaternary nitrogens is 1. The summed E-state index contributed by atoms with van der Waals surface area (Å²) in [5.41, 5.74) is 0. The number of nitrogens with zero attached hydrogens (tertiary/aromatic N) is 1. The number of rotatable bonds is 10. The molecule has 0 unspecified atom stereocenters. The first-order valence-electron chi connectivity index (χ1n) is 6.65. The zero-order chi connectivity index (χ0) is 11.6. The molecule has 0 aromatic rings. The van der Waals surface area contributed by atoms with Crippen molar-refractivity contribution in [2.45, 2.75) is 52.9 Å². The Balaban J connectivity index is 4.18. The fourth-order valence-electron chi connectivity index (χ4n) is 2.64. The minimum absolute atomic E-state index is 1.32. The van der Waals surface area contributed by atoms with Gasteiger partial charge >= 0.3 is 0 Å². The summed E-state index contributed by atoms with van der Waals surface area (Å²) in [6.45, 7) is 12.6. The van der Waals surface area contributed by atoms with E-state index in [4.69, 9.17) is 0 Å². The number of halogens is 1. The molecule has 0 rings (SSSR count). The second-order valence-corrected chi connectivity index (χ2v) is 5.71. The van der Waals surface area contributed by atoms with Crippen molar-refractivity contribution in [2.75, 3.05) is 30.6 Å². The van der Waals surface area contributed by atoms with Gasteiger partial charge in [-0.15, -0.1) is 0 Å². The lowest BCUT2D eigenvalue weighted by Gasteiger charge is -2.38. The minimum atomic E-state index is 1.32. The van der Waals surface area contributed by atoms with E-state index in [-0.39, 0.29) is 0 Å². The van der Waals surface area contributed by atoms with Crippen LogP contribution in [0.3, 0.4) is 0 Å². The van der Waals surface area contributed by atoms with Crippen LogP contribution in [-0.4, -0.2) is 35.1 Å². The standard InChI is InChI=1S/C13H29IN/c1-4-10-15(11-5-2,12-6-3)13-8-7-9-14/h4-13H2,1-3H3/q+1. The van der Waals surface area contributed by atoms with Crippen LogP contribution in [0.25, 0.3) is 0 Å². The zero-order valence-electron chi connectivity index (χ0n) is 10.9. The number of hydrogen-bond acceptors (Lipinski definition) is 0. The SMILES string of the molecule is CCC[N+](CCC)(CCC)CCCCI. The van der Waals surface area contributed by atoms with Gasteiger partial charge in [0.2, 0.25) is 0 Å². The van der Waals surface area contributed by atoms with Crippen LogP contribution < -0.4 is 0 Å². The molecule has 0 atom stereocenters.